The number of aliphatic hydroxyl groups is 2. The van der Waals surface area contributed by atoms with Gasteiger partial charge in [-0.3, -0.25) is 0 Å². The van der Waals surface area contributed by atoms with Crippen LogP contribution in [0.4, 0.5) is 0 Å². The average molecular weight is 202 g/mol. The van der Waals surface area contributed by atoms with Crippen LogP contribution >= 0.6 is 0 Å². The quantitative estimate of drug-likeness (QED) is 0.635. The molecule has 0 bridgehead atoms. The zero-order chi connectivity index (χ0) is 11.0. The van der Waals surface area contributed by atoms with Gasteiger partial charge in [0.1, 0.15) is 0 Å². The molecule has 0 fully saturated rings. The molecule has 86 valence electrons. The molecule has 0 heterocycles. The van der Waals surface area contributed by atoms with Crippen LogP contribution in [0.15, 0.2) is 0 Å². The monoisotopic (exact) mass is 202 g/mol. The summed E-state index contributed by atoms with van der Waals surface area (Å²) in [5.41, 5.74) is -0.536. The van der Waals surface area contributed by atoms with Gasteiger partial charge in [0.25, 0.3) is 0 Å². The Morgan fingerprint density at radius 3 is 2.29 bits per heavy atom. The standard InChI is InChI=1S/C12H26O2/c1-4-11(3)7-9-12(14,5-2)8-6-10-13/h11,13-14H,4-10H2,1-3H3. The van der Waals surface area contributed by atoms with Crippen LogP contribution in [0.5, 0.6) is 0 Å². The third-order valence-corrected chi connectivity index (χ3v) is 3.26. The SMILES string of the molecule is CCC(C)CCC(O)(CC)CCCO. The second-order valence-corrected chi connectivity index (χ2v) is 4.46. The smallest absolute Gasteiger partial charge is 0.0646 e. The van der Waals surface area contributed by atoms with Crippen LogP contribution in [0.2, 0.25) is 0 Å². The molecule has 0 aliphatic rings. The lowest BCUT2D eigenvalue weighted by molar-refractivity contribution is 0.00778. The Morgan fingerprint density at radius 1 is 1.21 bits per heavy atom. The second-order valence-electron chi connectivity index (χ2n) is 4.46. The molecule has 0 aliphatic heterocycles. The molecule has 0 aromatic carbocycles. The van der Waals surface area contributed by atoms with Crippen molar-refractivity contribution in [3.8, 4) is 0 Å². The fraction of sp³-hybridized carbons (Fsp3) is 1.00. The molecule has 0 rings (SSSR count). The van der Waals surface area contributed by atoms with E-state index in [2.05, 4.69) is 13.8 Å². The molecular weight excluding hydrogens is 176 g/mol. The molecule has 0 spiro atoms. The highest BCUT2D eigenvalue weighted by Crippen LogP contribution is 2.26. The normalized spacial score (nSPS) is 17.8. The molecule has 2 heteroatoms. The maximum Gasteiger partial charge on any atom is 0.0646 e. The van der Waals surface area contributed by atoms with Crippen LogP contribution in [-0.4, -0.2) is 22.4 Å². The molecule has 0 saturated carbocycles. The summed E-state index contributed by atoms with van der Waals surface area (Å²) in [6, 6.07) is 0. The summed E-state index contributed by atoms with van der Waals surface area (Å²) < 4.78 is 0. The van der Waals surface area contributed by atoms with E-state index in [1.165, 1.54) is 6.42 Å². The largest absolute Gasteiger partial charge is 0.396 e. The first-order chi connectivity index (χ1) is 6.58. The van der Waals surface area contributed by atoms with Crippen molar-refractivity contribution in [1.82, 2.24) is 0 Å². The topological polar surface area (TPSA) is 40.5 Å². The molecule has 2 nitrogen and oxygen atoms in total. The number of hydrogen-bond donors (Lipinski definition) is 2. The first-order valence-electron chi connectivity index (χ1n) is 5.91. The zero-order valence-electron chi connectivity index (χ0n) is 9.92. The summed E-state index contributed by atoms with van der Waals surface area (Å²) in [6.45, 7) is 6.62. The Balaban J connectivity index is 3.85. The minimum atomic E-state index is -0.536. The first-order valence-corrected chi connectivity index (χ1v) is 5.91. The van der Waals surface area contributed by atoms with Crippen LogP contribution in [0, 0.1) is 5.92 Å². The van der Waals surface area contributed by atoms with Crippen LogP contribution < -0.4 is 0 Å². The van der Waals surface area contributed by atoms with Gasteiger partial charge in [-0.05, 0) is 38.0 Å². The fourth-order valence-electron chi connectivity index (χ4n) is 1.61. The lowest BCUT2D eigenvalue weighted by Crippen LogP contribution is -2.28. The molecule has 0 radical (unpaired) electrons. The third kappa shape index (κ3) is 5.61. The van der Waals surface area contributed by atoms with Crippen molar-refractivity contribution >= 4 is 0 Å². The Morgan fingerprint density at radius 2 is 1.86 bits per heavy atom. The maximum atomic E-state index is 10.2. The van der Waals surface area contributed by atoms with Gasteiger partial charge in [0.15, 0.2) is 0 Å². The van der Waals surface area contributed by atoms with Gasteiger partial charge in [-0.15, -0.1) is 0 Å². The maximum absolute atomic E-state index is 10.2. The van der Waals surface area contributed by atoms with E-state index in [1.54, 1.807) is 0 Å². The zero-order valence-corrected chi connectivity index (χ0v) is 9.92. The van der Waals surface area contributed by atoms with Gasteiger partial charge in [-0.2, -0.15) is 0 Å². The minimum Gasteiger partial charge on any atom is -0.396 e. The molecule has 0 aromatic rings. The second kappa shape index (κ2) is 7.24. The first kappa shape index (κ1) is 13.9. The fourth-order valence-corrected chi connectivity index (χ4v) is 1.61. The van der Waals surface area contributed by atoms with Gasteiger partial charge in [-0.1, -0.05) is 27.2 Å². The van der Waals surface area contributed by atoms with Crippen molar-refractivity contribution in [1.29, 1.82) is 0 Å². The molecule has 2 unspecified atom stereocenters. The van der Waals surface area contributed by atoms with Gasteiger partial charge < -0.3 is 10.2 Å². The third-order valence-electron chi connectivity index (χ3n) is 3.26. The van der Waals surface area contributed by atoms with Crippen molar-refractivity contribution in [2.75, 3.05) is 6.61 Å². The van der Waals surface area contributed by atoms with E-state index < -0.39 is 5.60 Å². The van der Waals surface area contributed by atoms with Gasteiger partial charge in [-0.25, -0.2) is 0 Å². The van der Waals surface area contributed by atoms with E-state index in [1.807, 2.05) is 6.92 Å². The predicted octanol–water partition coefficient (Wildman–Crippen LogP) is 2.73. The van der Waals surface area contributed by atoms with E-state index in [0.29, 0.717) is 12.3 Å². The number of hydrogen-bond acceptors (Lipinski definition) is 2. The minimum absolute atomic E-state index is 0.186. The van der Waals surface area contributed by atoms with Crippen molar-refractivity contribution < 1.29 is 10.2 Å². The van der Waals surface area contributed by atoms with Crippen LogP contribution in [-0.2, 0) is 0 Å². The van der Waals surface area contributed by atoms with Gasteiger partial charge in [0.05, 0.1) is 5.60 Å². The highest BCUT2D eigenvalue weighted by Gasteiger charge is 2.23. The summed E-state index contributed by atoms with van der Waals surface area (Å²) in [5.74, 6) is 0.696. The van der Waals surface area contributed by atoms with E-state index >= 15 is 0 Å². The number of rotatable bonds is 8. The van der Waals surface area contributed by atoms with Crippen LogP contribution in [0.1, 0.15) is 59.3 Å². The summed E-state index contributed by atoms with van der Waals surface area (Å²) in [7, 11) is 0. The van der Waals surface area contributed by atoms with Crippen molar-refractivity contribution in [2.24, 2.45) is 5.92 Å². The highest BCUT2D eigenvalue weighted by atomic mass is 16.3. The Labute approximate surface area is 88.3 Å². The molecule has 0 amide bonds. The summed E-state index contributed by atoms with van der Waals surface area (Å²) >= 11 is 0. The lowest BCUT2D eigenvalue weighted by Gasteiger charge is -2.27. The highest BCUT2D eigenvalue weighted by molar-refractivity contribution is 4.77. The molecule has 14 heavy (non-hydrogen) atoms. The van der Waals surface area contributed by atoms with E-state index in [4.69, 9.17) is 5.11 Å². The Hall–Kier alpha value is -0.0800. The lowest BCUT2D eigenvalue weighted by atomic mass is 9.86. The summed E-state index contributed by atoms with van der Waals surface area (Å²) in [4.78, 5) is 0. The predicted molar refractivity (Wildman–Crippen MR) is 60.2 cm³/mol. The molecule has 0 saturated heterocycles. The summed E-state index contributed by atoms with van der Waals surface area (Å²) in [5, 5.41) is 18.9. The van der Waals surface area contributed by atoms with Crippen molar-refractivity contribution in [3.63, 3.8) is 0 Å². The Kier molecular flexibility index (Phi) is 7.20. The average Bonchev–Trinajstić information content (AvgIpc) is 2.23. The van der Waals surface area contributed by atoms with E-state index in [0.717, 1.165) is 25.7 Å². The number of aliphatic hydroxyl groups excluding tert-OH is 1. The molecule has 2 N–H and O–H groups in total. The molecule has 0 aromatic heterocycles. The van der Waals surface area contributed by atoms with Gasteiger partial charge in [0.2, 0.25) is 0 Å². The molecule has 2 atom stereocenters. The van der Waals surface area contributed by atoms with Gasteiger partial charge in [0, 0.05) is 6.61 Å². The van der Waals surface area contributed by atoms with E-state index in [9.17, 15) is 5.11 Å². The van der Waals surface area contributed by atoms with Gasteiger partial charge >= 0.3 is 0 Å². The molecular formula is C12H26O2. The van der Waals surface area contributed by atoms with Crippen molar-refractivity contribution in [3.05, 3.63) is 0 Å². The molecule has 0 aliphatic carbocycles. The van der Waals surface area contributed by atoms with E-state index in [-0.39, 0.29) is 6.61 Å². The summed E-state index contributed by atoms with van der Waals surface area (Å²) in [6.07, 6.45) is 5.38. The van der Waals surface area contributed by atoms with Crippen LogP contribution in [0.3, 0.4) is 0 Å². The van der Waals surface area contributed by atoms with Crippen LogP contribution in [0.25, 0.3) is 0 Å². The Bertz CT molecular complexity index is 136. The van der Waals surface area contributed by atoms with Crippen molar-refractivity contribution in [2.45, 2.75) is 64.9 Å².